The van der Waals surface area contributed by atoms with E-state index in [1.54, 1.807) is 45.2 Å². The van der Waals surface area contributed by atoms with Crippen LogP contribution in [0.25, 0.3) is 22.5 Å². The van der Waals surface area contributed by atoms with E-state index in [-0.39, 0.29) is 5.91 Å². The lowest BCUT2D eigenvalue weighted by Gasteiger charge is -2.13. The number of ether oxygens (including phenoxy) is 3. The Kier molecular flexibility index (Phi) is 9.91. The van der Waals surface area contributed by atoms with Crippen LogP contribution in [0.5, 0.6) is 17.2 Å². The molecule has 1 aromatic heterocycles. The van der Waals surface area contributed by atoms with Crippen LogP contribution in [0.3, 0.4) is 0 Å². The van der Waals surface area contributed by atoms with E-state index >= 15 is 0 Å². The van der Waals surface area contributed by atoms with E-state index < -0.39 is 0 Å². The zero-order valence-corrected chi connectivity index (χ0v) is 23.7. The minimum absolute atomic E-state index is 0.102. The average Bonchev–Trinajstić information content (AvgIpc) is 3.35. The Balaban J connectivity index is 1.53. The molecule has 0 radical (unpaired) electrons. The zero-order valence-electron chi connectivity index (χ0n) is 22.9. The second kappa shape index (κ2) is 13.8. The highest BCUT2D eigenvalue weighted by molar-refractivity contribution is 7.99. The molecule has 1 amide bonds. The second-order valence-electron chi connectivity index (χ2n) is 8.89. The highest BCUT2D eigenvalue weighted by Gasteiger charge is 2.20. The molecule has 4 rings (SSSR count). The molecule has 4 aromatic rings. The second-order valence-corrected chi connectivity index (χ2v) is 9.95. The number of hydrogen-bond donors (Lipinski definition) is 1. The molecule has 0 spiro atoms. The van der Waals surface area contributed by atoms with Crippen molar-refractivity contribution in [3.8, 4) is 39.8 Å². The molecule has 0 aliphatic carbocycles. The maximum Gasteiger partial charge on any atom is 0.251 e. The van der Waals surface area contributed by atoms with Gasteiger partial charge in [-0.05, 0) is 79.6 Å². The van der Waals surface area contributed by atoms with Crippen molar-refractivity contribution in [3.63, 3.8) is 0 Å². The number of benzene rings is 3. The average molecular weight is 546 g/mol. The van der Waals surface area contributed by atoms with Gasteiger partial charge in [-0.15, -0.1) is 0 Å². The van der Waals surface area contributed by atoms with E-state index in [0.717, 1.165) is 64.3 Å². The molecule has 0 fully saturated rings. The van der Waals surface area contributed by atoms with Gasteiger partial charge in [0.25, 0.3) is 5.91 Å². The van der Waals surface area contributed by atoms with Gasteiger partial charge in [-0.3, -0.25) is 4.79 Å². The van der Waals surface area contributed by atoms with Crippen molar-refractivity contribution in [3.05, 3.63) is 78.4 Å². The first-order valence-electron chi connectivity index (χ1n) is 13.0. The van der Waals surface area contributed by atoms with Gasteiger partial charge in [0.15, 0.2) is 5.16 Å². The number of aromatic nitrogens is 2. The minimum Gasteiger partial charge on any atom is -0.497 e. The van der Waals surface area contributed by atoms with Crippen molar-refractivity contribution in [2.45, 2.75) is 31.5 Å². The number of hydrogen-bond acceptors (Lipinski definition) is 6. The smallest absolute Gasteiger partial charge is 0.251 e. The highest BCUT2D eigenvalue weighted by Crippen LogP contribution is 2.37. The lowest BCUT2D eigenvalue weighted by Crippen LogP contribution is -2.24. The molecule has 0 saturated heterocycles. The number of carbonyl (C=O) groups is 1. The fourth-order valence-electron chi connectivity index (χ4n) is 4.27. The molecule has 0 aliphatic rings. The van der Waals surface area contributed by atoms with Gasteiger partial charge in [-0.2, -0.15) is 0 Å². The maximum atomic E-state index is 12.5. The lowest BCUT2D eigenvalue weighted by molar-refractivity contribution is 0.0953. The van der Waals surface area contributed by atoms with Crippen molar-refractivity contribution in [1.82, 2.24) is 14.9 Å². The molecule has 8 heteroatoms. The molecular formula is C31H35N3O4S. The Morgan fingerprint density at radius 2 is 1.51 bits per heavy atom. The lowest BCUT2D eigenvalue weighted by atomic mass is 10.0. The fraction of sp³-hybridized carbons (Fsp3) is 0.290. The summed E-state index contributed by atoms with van der Waals surface area (Å²) in [7, 11) is 4.94. The standard InChI is InChI=1S/C31H35N3O4S/c1-5-19-34-29(23-12-16-26(37-3)17-13-23)28(22-10-14-25(36-2)15-11-22)33-31(34)39-20-7-18-32-30(35)24-8-6-9-27(21-24)38-4/h6,8-17,21H,5,7,18-20H2,1-4H3,(H,32,35). The number of thioether (sulfide) groups is 1. The molecule has 0 aliphatic heterocycles. The molecule has 7 nitrogen and oxygen atoms in total. The molecule has 0 unspecified atom stereocenters. The minimum atomic E-state index is -0.102. The van der Waals surface area contributed by atoms with Gasteiger partial charge < -0.3 is 24.1 Å². The summed E-state index contributed by atoms with van der Waals surface area (Å²) in [5, 5.41) is 3.97. The van der Waals surface area contributed by atoms with Crippen molar-refractivity contribution in [1.29, 1.82) is 0 Å². The van der Waals surface area contributed by atoms with Crippen LogP contribution >= 0.6 is 11.8 Å². The molecule has 0 bridgehead atoms. The number of methoxy groups -OCH3 is 3. The monoisotopic (exact) mass is 545 g/mol. The molecular weight excluding hydrogens is 510 g/mol. The van der Waals surface area contributed by atoms with E-state index in [1.807, 2.05) is 48.5 Å². The molecule has 0 atom stereocenters. The molecule has 1 N–H and O–H groups in total. The summed E-state index contributed by atoms with van der Waals surface area (Å²) in [5.74, 6) is 3.01. The SMILES string of the molecule is CCCn1c(SCCCNC(=O)c2cccc(OC)c2)nc(-c2ccc(OC)cc2)c1-c1ccc(OC)cc1. The molecule has 1 heterocycles. The van der Waals surface area contributed by atoms with E-state index in [1.165, 1.54) is 0 Å². The van der Waals surface area contributed by atoms with Gasteiger partial charge >= 0.3 is 0 Å². The number of rotatable bonds is 13. The summed E-state index contributed by atoms with van der Waals surface area (Å²) in [5.41, 5.74) is 4.72. The largest absolute Gasteiger partial charge is 0.497 e. The number of amides is 1. The summed E-state index contributed by atoms with van der Waals surface area (Å²) in [6.07, 6.45) is 1.79. The summed E-state index contributed by atoms with van der Waals surface area (Å²) in [6, 6.07) is 23.3. The van der Waals surface area contributed by atoms with Crippen molar-refractivity contribution >= 4 is 17.7 Å². The summed E-state index contributed by atoms with van der Waals surface area (Å²) in [4.78, 5) is 17.7. The normalized spacial score (nSPS) is 10.8. The van der Waals surface area contributed by atoms with Gasteiger partial charge in [0, 0.05) is 35.5 Å². The Morgan fingerprint density at radius 1 is 0.872 bits per heavy atom. The first kappa shape index (κ1) is 28.1. The number of nitrogens with zero attached hydrogens (tertiary/aromatic N) is 2. The maximum absolute atomic E-state index is 12.5. The summed E-state index contributed by atoms with van der Waals surface area (Å²) in [6.45, 7) is 3.60. The van der Waals surface area contributed by atoms with E-state index in [9.17, 15) is 4.79 Å². The van der Waals surface area contributed by atoms with Gasteiger partial charge in [0.05, 0.1) is 32.7 Å². The van der Waals surface area contributed by atoms with Gasteiger partial charge in [-0.25, -0.2) is 4.98 Å². The highest BCUT2D eigenvalue weighted by atomic mass is 32.2. The fourth-order valence-corrected chi connectivity index (χ4v) is 5.23. The third-order valence-electron chi connectivity index (χ3n) is 6.28. The van der Waals surface area contributed by atoms with Crippen LogP contribution in [-0.4, -0.2) is 49.1 Å². The van der Waals surface area contributed by atoms with Crippen LogP contribution in [0, 0.1) is 0 Å². The van der Waals surface area contributed by atoms with Gasteiger partial charge in [0.1, 0.15) is 17.2 Å². The first-order valence-corrected chi connectivity index (χ1v) is 14.0. The Bertz CT molecular complexity index is 1370. The van der Waals surface area contributed by atoms with Crippen molar-refractivity contribution in [2.24, 2.45) is 0 Å². The van der Waals surface area contributed by atoms with Crippen LogP contribution in [0.15, 0.2) is 78.0 Å². The van der Waals surface area contributed by atoms with Crippen molar-refractivity contribution in [2.75, 3.05) is 33.6 Å². The third kappa shape index (κ3) is 6.95. The van der Waals surface area contributed by atoms with Gasteiger partial charge in [-0.1, -0.05) is 24.8 Å². The Hall–Kier alpha value is -3.91. The summed E-state index contributed by atoms with van der Waals surface area (Å²) < 4.78 is 18.3. The molecule has 3 aromatic carbocycles. The molecule has 204 valence electrons. The van der Waals surface area contributed by atoms with Gasteiger partial charge in [0.2, 0.25) is 0 Å². The first-order chi connectivity index (χ1) is 19.1. The van der Waals surface area contributed by atoms with E-state index in [0.29, 0.717) is 17.9 Å². The van der Waals surface area contributed by atoms with Crippen LogP contribution in [0.4, 0.5) is 0 Å². The Labute approximate surface area is 234 Å². The van der Waals surface area contributed by atoms with Crippen LogP contribution in [0.2, 0.25) is 0 Å². The predicted molar refractivity (Wildman–Crippen MR) is 157 cm³/mol. The summed E-state index contributed by atoms with van der Waals surface area (Å²) >= 11 is 1.71. The van der Waals surface area contributed by atoms with Crippen LogP contribution in [0.1, 0.15) is 30.1 Å². The van der Waals surface area contributed by atoms with Crippen LogP contribution < -0.4 is 19.5 Å². The molecule has 39 heavy (non-hydrogen) atoms. The van der Waals surface area contributed by atoms with E-state index in [4.69, 9.17) is 19.2 Å². The number of imidazole rings is 1. The predicted octanol–water partition coefficient (Wildman–Crippen LogP) is 6.57. The quantitative estimate of drug-likeness (QED) is 0.151. The number of carbonyl (C=O) groups excluding carboxylic acids is 1. The zero-order chi connectivity index (χ0) is 27.6. The molecule has 0 saturated carbocycles. The Morgan fingerprint density at radius 3 is 2.13 bits per heavy atom. The topological polar surface area (TPSA) is 74.6 Å². The van der Waals surface area contributed by atoms with Crippen molar-refractivity contribution < 1.29 is 19.0 Å². The van der Waals surface area contributed by atoms with Crippen LogP contribution in [-0.2, 0) is 6.54 Å². The third-order valence-corrected chi connectivity index (χ3v) is 7.34. The number of nitrogens with one attached hydrogen (secondary N) is 1. The van der Waals surface area contributed by atoms with E-state index in [2.05, 4.69) is 28.9 Å².